The maximum absolute atomic E-state index is 12.2. The molecule has 0 unspecified atom stereocenters. The van der Waals surface area contributed by atoms with Gasteiger partial charge in [0.2, 0.25) is 0 Å². The maximum atomic E-state index is 12.2. The van der Waals surface area contributed by atoms with Crippen molar-refractivity contribution < 1.29 is 14.6 Å². The van der Waals surface area contributed by atoms with Gasteiger partial charge in [0.1, 0.15) is 18.1 Å². The van der Waals surface area contributed by atoms with E-state index in [0.717, 1.165) is 16.7 Å². The van der Waals surface area contributed by atoms with Gasteiger partial charge in [0.15, 0.2) is 0 Å². The van der Waals surface area contributed by atoms with Gasteiger partial charge in [0.05, 0.1) is 6.21 Å². The van der Waals surface area contributed by atoms with Crippen molar-refractivity contribution in [3.63, 3.8) is 0 Å². The number of nitrogens with zero attached hydrogens (tertiary/aromatic N) is 1. The number of phenols is 1. The number of carbonyl (C=O) groups excluding carboxylic acids is 1. The Morgan fingerprint density at radius 2 is 1.63 bits per heavy atom. The van der Waals surface area contributed by atoms with Crippen LogP contribution in [0, 0.1) is 0 Å². The first-order chi connectivity index (χ1) is 14.7. The number of hydrogen-bond donors (Lipinski definition) is 2. The highest BCUT2D eigenvalue weighted by molar-refractivity contribution is 5.95. The van der Waals surface area contributed by atoms with Crippen molar-refractivity contribution in [2.45, 2.75) is 6.61 Å². The molecule has 30 heavy (non-hydrogen) atoms. The highest BCUT2D eigenvalue weighted by Crippen LogP contribution is 2.21. The van der Waals surface area contributed by atoms with Crippen LogP contribution in [0.2, 0.25) is 0 Å². The zero-order valence-electron chi connectivity index (χ0n) is 16.2. The monoisotopic (exact) mass is 396 g/mol. The molecule has 0 heterocycles. The van der Waals surface area contributed by atoms with E-state index in [1.54, 1.807) is 36.4 Å². The Morgan fingerprint density at radius 3 is 2.43 bits per heavy atom. The molecule has 2 N–H and O–H groups in total. The number of amides is 1. The van der Waals surface area contributed by atoms with E-state index in [-0.39, 0.29) is 11.7 Å². The number of phenolic OH excluding ortho intramolecular Hbond substituents is 1. The molecule has 0 aliphatic rings. The Labute approximate surface area is 174 Å². The summed E-state index contributed by atoms with van der Waals surface area (Å²) in [7, 11) is 0. The average molecular weight is 396 g/mol. The third kappa shape index (κ3) is 4.64. The molecule has 0 saturated carbocycles. The van der Waals surface area contributed by atoms with Gasteiger partial charge in [0.25, 0.3) is 5.91 Å². The minimum absolute atomic E-state index is 0.103. The molecule has 0 saturated heterocycles. The predicted octanol–water partition coefficient (Wildman–Crippen LogP) is 4.89. The van der Waals surface area contributed by atoms with Gasteiger partial charge >= 0.3 is 0 Å². The van der Waals surface area contributed by atoms with E-state index < -0.39 is 0 Å². The van der Waals surface area contributed by atoms with Crippen molar-refractivity contribution >= 4 is 22.9 Å². The van der Waals surface area contributed by atoms with Crippen molar-refractivity contribution in [1.82, 2.24) is 5.43 Å². The Morgan fingerprint density at radius 1 is 0.900 bits per heavy atom. The Kier molecular flexibility index (Phi) is 5.71. The number of aromatic hydroxyl groups is 1. The van der Waals surface area contributed by atoms with Crippen molar-refractivity contribution in [3.05, 3.63) is 108 Å². The second-order valence-corrected chi connectivity index (χ2v) is 6.75. The first kappa shape index (κ1) is 19.2. The van der Waals surface area contributed by atoms with E-state index >= 15 is 0 Å². The van der Waals surface area contributed by atoms with Crippen LogP contribution >= 0.6 is 0 Å². The molecular formula is C25H20N2O3. The molecule has 148 valence electrons. The van der Waals surface area contributed by atoms with Gasteiger partial charge in [-0.25, -0.2) is 5.43 Å². The summed E-state index contributed by atoms with van der Waals surface area (Å²) in [6.45, 7) is 0.408. The number of rotatable bonds is 6. The van der Waals surface area contributed by atoms with E-state index in [1.807, 2.05) is 42.5 Å². The molecule has 4 rings (SSSR count). The van der Waals surface area contributed by atoms with E-state index in [0.29, 0.717) is 17.7 Å². The highest BCUT2D eigenvalue weighted by atomic mass is 16.5. The summed E-state index contributed by atoms with van der Waals surface area (Å²) in [4.78, 5) is 12.2. The van der Waals surface area contributed by atoms with Crippen LogP contribution in [0.3, 0.4) is 0 Å². The zero-order valence-corrected chi connectivity index (χ0v) is 16.2. The van der Waals surface area contributed by atoms with Crippen LogP contribution in [0.5, 0.6) is 11.5 Å². The molecule has 0 bridgehead atoms. The van der Waals surface area contributed by atoms with Crippen molar-refractivity contribution in [3.8, 4) is 11.5 Å². The van der Waals surface area contributed by atoms with Gasteiger partial charge in [0, 0.05) is 11.1 Å². The van der Waals surface area contributed by atoms with E-state index in [2.05, 4.69) is 22.7 Å². The van der Waals surface area contributed by atoms with E-state index in [9.17, 15) is 9.90 Å². The number of hydrogen-bond acceptors (Lipinski definition) is 4. The molecule has 0 atom stereocenters. The first-order valence-corrected chi connectivity index (χ1v) is 9.51. The van der Waals surface area contributed by atoms with E-state index in [1.165, 1.54) is 11.6 Å². The lowest BCUT2D eigenvalue weighted by molar-refractivity contribution is 0.0955. The molecule has 0 aliphatic carbocycles. The topological polar surface area (TPSA) is 70.9 Å². The SMILES string of the molecule is O=C(N/N=C/c1ccccc1O)c1ccc(COc2ccc3ccccc3c2)cc1. The standard InChI is InChI=1S/C25H20N2O3/c28-24-8-4-3-7-22(24)16-26-27-25(29)20-11-9-18(10-12-20)17-30-23-14-13-19-5-1-2-6-21(19)15-23/h1-16,28H,17H2,(H,27,29)/b26-16+. The van der Waals surface area contributed by atoms with Crippen molar-refractivity contribution in [1.29, 1.82) is 0 Å². The molecule has 4 aromatic carbocycles. The van der Waals surface area contributed by atoms with Gasteiger partial charge in [-0.1, -0.05) is 54.6 Å². The number of nitrogens with one attached hydrogen (secondary N) is 1. The van der Waals surface area contributed by atoms with Gasteiger partial charge in [-0.05, 0) is 52.7 Å². The number of ether oxygens (including phenoxy) is 1. The molecule has 4 aromatic rings. The lowest BCUT2D eigenvalue weighted by atomic mass is 10.1. The summed E-state index contributed by atoms with van der Waals surface area (Å²) in [6.07, 6.45) is 1.40. The van der Waals surface area contributed by atoms with Gasteiger partial charge < -0.3 is 9.84 Å². The minimum atomic E-state index is -0.330. The quantitative estimate of drug-likeness (QED) is 0.360. The summed E-state index contributed by atoms with van der Waals surface area (Å²) >= 11 is 0. The van der Waals surface area contributed by atoms with Gasteiger partial charge in [-0.15, -0.1) is 0 Å². The van der Waals surface area contributed by atoms with Crippen LogP contribution in [0.15, 0.2) is 96.1 Å². The van der Waals surface area contributed by atoms with Crippen molar-refractivity contribution in [2.75, 3.05) is 0 Å². The van der Waals surface area contributed by atoms with Crippen LogP contribution in [0.1, 0.15) is 21.5 Å². The molecule has 5 heteroatoms. The molecule has 0 aromatic heterocycles. The van der Waals surface area contributed by atoms with Crippen LogP contribution in [-0.4, -0.2) is 17.2 Å². The maximum Gasteiger partial charge on any atom is 0.271 e. The van der Waals surface area contributed by atoms with E-state index in [4.69, 9.17) is 4.74 Å². The Hall–Kier alpha value is -4.12. The largest absolute Gasteiger partial charge is 0.507 e. The molecule has 1 amide bonds. The molecule has 0 radical (unpaired) electrons. The Balaban J connectivity index is 1.34. The summed E-state index contributed by atoms with van der Waals surface area (Å²) in [5.41, 5.74) is 4.42. The summed E-state index contributed by atoms with van der Waals surface area (Å²) < 4.78 is 5.88. The fourth-order valence-corrected chi connectivity index (χ4v) is 3.00. The molecular weight excluding hydrogens is 376 g/mol. The summed E-state index contributed by atoms with van der Waals surface area (Å²) in [6, 6.07) is 28.0. The summed E-state index contributed by atoms with van der Waals surface area (Å²) in [5.74, 6) is 0.573. The molecule has 0 fully saturated rings. The fourth-order valence-electron chi connectivity index (χ4n) is 3.00. The molecule has 0 spiro atoms. The number of benzene rings is 4. The lowest BCUT2D eigenvalue weighted by Gasteiger charge is -2.08. The normalized spacial score (nSPS) is 10.9. The third-order valence-electron chi connectivity index (χ3n) is 4.65. The fraction of sp³-hybridized carbons (Fsp3) is 0.0400. The molecule has 0 aliphatic heterocycles. The van der Waals surface area contributed by atoms with Crippen LogP contribution < -0.4 is 10.2 Å². The third-order valence-corrected chi connectivity index (χ3v) is 4.65. The smallest absolute Gasteiger partial charge is 0.271 e. The number of fused-ring (bicyclic) bond motifs is 1. The predicted molar refractivity (Wildman–Crippen MR) is 118 cm³/mol. The number of hydrazone groups is 1. The number of para-hydroxylation sites is 1. The van der Waals surface area contributed by atoms with Crippen LogP contribution in [0.25, 0.3) is 10.8 Å². The molecule has 5 nitrogen and oxygen atoms in total. The zero-order chi connectivity index (χ0) is 20.8. The number of carbonyl (C=O) groups is 1. The van der Waals surface area contributed by atoms with Crippen molar-refractivity contribution in [2.24, 2.45) is 5.10 Å². The minimum Gasteiger partial charge on any atom is -0.507 e. The highest BCUT2D eigenvalue weighted by Gasteiger charge is 2.05. The average Bonchev–Trinajstić information content (AvgIpc) is 2.79. The summed E-state index contributed by atoms with van der Waals surface area (Å²) in [5, 5.41) is 15.9. The first-order valence-electron chi connectivity index (χ1n) is 9.51. The second kappa shape index (κ2) is 8.92. The lowest BCUT2D eigenvalue weighted by Crippen LogP contribution is -2.17. The van der Waals surface area contributed by atoms with Gasteiger partial charge in [-0.2, -0.15) is 5.10 Å². The van der Waals surface area contributed by atoms with Gasteiger partial charge in [-0.3, -0.25) is 4.79 Å². The van der Waals surface area contributed by atoms with Crippen LogP contribution in [-0.2, 0) is 6.61 Å². The van der Waals surface area contributed by atoms with Crippen LogP contribution in [0.4, 0.5) is 0 Å². The second-order valence-electron chi connectivity index (χ2n) is 6.75. The Bertz CT molecular complexity index is 1200.